The molecule has 1 aromatic rings. The number of alkyl halides is 3. The van der Waals surface area contributed by atoms with E-state index in [1.807, 2.05) is 0 Å². The van der Waals surface area contributed by atoms with Crippen LogP contribution in [0.15, 0.2) is 18.2 Å². The minimum Gasteiger partial charge on any atom is -0.384 e. The second-order valence-electron chi connectivity index (χ2n) is 2.62. The molecule has 0 fully saturated rings. The first kappa shape index (κ1) is 12.7. The van der Waals surface area contributed by atoms with Crippen molar-refractivity contribution < 1.29 is 5.11 Å². The molecule has 0 saturated carbocycles. The Morgan fingerprint density at radius 1 is 1.07 bits per heavy atom. The van der Waals surface area contributed by atoms with Crippen molar-refractivity contribution in [3.8, 4) is 0 Å². The molecule has 0 amide bonds. The van der Waals surface area contributed by atoms with Gasteiger partial charge < -0.3 is 5.11 Å². The number of aliphatic hydroxyl groups excluding tert-OH is 1. The number of rotatable bonds is 1. The lowest BCUT2D eigenvalue weighted by Gasteiger charge is -2.19. The van der Waals surface area contributed by atoms with Gasteiger partial charge in [0, 0.05) is 0 Å². The molecule has 0 heterocycles. The quantitative estimate of drug-likeness (QED) is 0.761. The first-order valence-corrected chi connectivity index (χ1v) is 5.41. The third-order valence-electron chi connectivity index (χ3n) is 1.57. The van der Waals surface area contributed by atoms with Gasteiger partial charge in [0.2, 0.25) is 3.79 Å². The fourth-order valence-corrected chi connectivity index (χ4v) is 1.56. The molecule has 1 N–H and O–H groups in total. The maximum Gasteiger partial charge on any atom is 0.220 e. The lowest BCUT2D eigenvalue weighted by atomic mass is 10.1. The van der Waals surface area contributed by atoms with Crippen LogP contribution < -0.4 is 0 Å². The van der Waals surface area contributed by atoms with Crippen LogP contribution >= 0.6 is 58.0 Å². The first-order valence-electron chi connectivity index (χ1n) is 3.52. The van der Waals surface area contributed by atoms with Crippen molar-refractivity contribution >= 4 is 58.0 Å². The highest BCUT2D eigenvalue weighted by Crippen LogP contribution is 2.40. The molecule has 0 aromatic heterocycles. The monoisotopic (exact) mass is 292 g/mol. The summed E-state index contributed by atoms with van der Waals surface area (Å²) in [6.45, 7) is 0. The van der Waals surface area contributed by atoms with Crippen molar-refractivity contribution in [2.75, 3.05) is 0 Å². The number of hydrogen-bond acceptors (Lipinski definition) is 1. The summed E-state index contributed by atoms with van der Waals surface area (Å²) in [7, 11) is 0. The molecule has 78 valence electrons. The van der Waals surface area contributed by atoms with E-state index in [0.29, 0.717) is 15.6 Å². The van der Waals surface area contributed by atoms with Crippen molar-refractivity contribution in [2.45, 2.75) is 9.90 Å². The first-order chi connectivity index (χ1) is 6.32. The normalized spacial score (nSPS) is 14.1. The summed E-state index contributed by atoms with van der Waals surface area (Å²) in [5.74, 6) is 0. The predicted molar refractivity (Wildman–Crippen MR) is 61.7 cm³/mol. The lowest BCUT2D eigenvalue weighted by Crippen LogP contribution is -2.16. The molecule has 1 aromatic carbocycles. The summed E-state index contributed by atoms with van der Waals surface area (Å²) in [5.41, 5.74) is 0.402. The summed E-state index contributed by atoms with van der Waals surface area (Å²) < 4.78 is -1.78. The highest BCUT2D eigenvalue weighted by molar-refractivity contribution is 6.68. The molecule has 14 heavy (non-hydrogen) atoms. The van der Waals surface area contributed by atoms with E-state index in [2.05, 4.69) is 0 Å². The van der Waals surface area contributed by atoms with Gasteiger partial charge in [-0.1, -0.05) is 64.1 Å². The number of halogens is 5. The Bertz CT molecular complexity index is 333. The average Bonchev–Trinajstić information content (AvgIpc) is 2.07. The molecule has 0 bridgehead atoms. The van der Waals surface area contributed by atoms with Gasteiger partial charge in [-0.05, 0) is 17.7 Å². The van der Waals surface area contributed by atoms with Crippen LogP contribution in [0.3, 0.4) is 0 Å². The molecule has 1 atom stereocenters. The summed E-state index contributed by atoms with van der Waals surface area (Å²) in [5, 5.41) is 10.3. The van der Waals surface area contributed by atoms with Crippen molar-refractivity contribution in [1.29, 1.82) is 0 Å². The molecular formula is C8H5Cl5O. The minimum atomic E-state index is -1.78. The van der Waals surface area contributed by atoms with Gasteiger partial charge in [0.1, 0.15) is 6.10 Å². The number of hydrogen-bond donors (Lipinski definition) is 1. The molecule has 1 rings (SSSR count). The van der Waals surface area contributed by atoms with E-state index in [0.717, 1.165) is 0 Å². The topological polar surface area (TPSA) is 20.2 Å². The largest absolute Gasteiger partial charge is 0.384 e. The zero-order valence-corrected chi connectivity index (χ0v) is 10.4. The van der Waals surface area contributed by atoms with Gasteiger partial charge in [0.25, 0.3) is 0 Å². The minimum absolute atomic E-state index is 0.303. The Balaban J connectivity index is 3.03. The Kier molecular flexibility index (Phi) is 4.22. The fraction of sp³-hybridized carbons (Fsp3) is 0.250. The summed E-state index contributed by atoms with van der Waals surface area (Å²) in [6.07, 6.45) is -1.23. The summed E-state index contributed by atoms with van der Waals surface area (Å²) in [4.78, 5) is 0. The van der Waals surface area contributed by atoms with E-state index in [1.54, 1.807) is 6.07 Å². The van der Waals surface area contributed by atoms with E-state index >= 15 is 0 Å². The van der Waals surface area contributed by atoms with Crippen LogP contribution in [-0.4, -0.2) is 8.90 Å². The highest BCUT2D eigenvalue weighted by Gasteiger charge is 2.32. The number of aliphatic hydroxyl groups is 1. The molecule has 0 aliphatic carbocycles. The predicted octanol–water partition coefficient (Wildman–Crippen LogP) is 4.40. The molecular weight excluding hydrogens is 289 g/mol. The zero-order chi connectivity index (χ0) is 10.9. The second-order valence-corrected chi connectivity index (χ2v) is 5.80. The van der Waals surface area contributed by atoms with Gasteiger partial charge >= 0.3 is 0 Å². The maximum atomic E-state index is 9.57. The van der Waals surface area contributed by atoms with E-state index < -0.39 is 9.90 Å². The standard InChI is InChI=1S/C8H5Cl5O/c9-5-2-1-4(3-6(5)10)7(14)8(11,12)13/h1-3,7,14H. The van der Waals surface area contributed by atoms with Crippen LogP contribution in [-0.2, 0) is 0 Å². The van der Waals surface area contributed by atoms with Crippen molar-refractivity contribution in [2.24, 2.45) is 0 Å². The molecule has 6 heteroatoms. The lowest BCUT2D eigenvalue weighted by molar-refractivity contribution is 0.182. The molecule has 0 radical (unpaired) electrons. The molecule has 1 nitrogen and oxygen atoms in total. The Morgan fingerprint density at radius 2 is 1.64 bits per heavy atom. The smallest absolute Gasteiger partial charge is 0.220 e. The van der Waals surface area contributed by atoms with Gasteiger partial charge in [-0.3, -0.25) is 0 Å². The second kappa shape index (κ2) is 4.65. The van der Waals surface area contributed by atoms with Crippen LogP contribution in [0.4, 0.5) is 0 Å². The Labute approximate surface area is 106 Å². The summed E-state index contributed by atoms with van der Waals surface area (Å²) >= 11 is 28.0. The van der Waals surface area contributed by atoms with Gasteiger partial charge in [-0.25, -0.2) is 0 Å². The van der Waals surface area contributed by atoms with Crippen LogP contribution in [0, 0.1) is 0 Å². The third kappa shape index (κ3) is 3.06. The molecule has 0 spiro atoms. The van der Waals surface area contributed by atoms with Crippen LogP contribution in [0.25, 0.3) is 0 Å². The van der Waals surface area contributed by atoms with E-state index in [9.17, 15) is 5.11 Å². The average molecular weight is 294 g/mol. The summed E-state index contributed by atoms with van der Waals surface area (Å²) in [6, 6.07) is 4.52. The van der Waals surface area contributed by atoms with Crippen molar-refractivity contribution in [3.63, 3.8) is 0 Å². The zero-order valence-electron chi connectivity index (χ0n) is 6.65. The fourth-order valence-electron chi connectivity index (χ4n) is 0.871. The van der Waals surface area contributed by atoms with Gasteiger partial charge in [0.15, 0.2) is 0 Å². The van der Waals surface area contributed by atoms with Crippen LogP contribution in [0.1, 0.15) is 11.7 Å². The molecule has 0 saturated heterocycles. The Hall–Kier alpha value is 0.630. The maximum absolute atomic E-state index is 9.57. The van der Waals surface area contributed by atoms with E-state index in [4.69, 9.17) is 58.0 Å². The van der Waals surface area contributed by atoms with Crippen LogP contribution in [0.5, 0.6) is 0 Å². The number of benzene rings is 1. The molecule has 0 aliphatic rings. The van der Waals surface area contributed by atoms with Gasteiger partial charge in [-0.2, -0.15) is 0 Å². The Morgan fingerprint density at radius 3 is 2.07 bits per heavy atom. The van der Waals surface area contributed by atoms with Crippen molar-refractivity contribution in [1.82, 2.24) is 0 Å². The van der Waals surface area contributed by atoms with Gasteiger partial charge in [0.05, 0.1) is 10.0 Å². The van der Waals surface area contributed by atoms with E-state index in [-0.39, 0.29) is 0 Å². The molecule has 1 unspecified atom stereocenters. The van der Waals surface area contributed by atoms with Crippen LogP contribution in [0.2, 0.25) is 10.0 Å². The van der Waals surface area contributed by atoms with Gasteiger partial charge in [-0.15, -0.1) is 0 Å². The third-order valence-corrected chi connectivity index (χ3v) is 2.93. The van der Waals surface area contributed by atoms with Crippen molar-refractivity contribution in [3.05, 3.63) is 33.8 Å². The SMILES string of the molecule is OC(c1ccc(Cl)c(Cl)c1)C(Cl)(Cl)Cl. The molecule has 0 aliphatic heterocycles. The highest BCUT2D eigenvalue weighted by atomic mass is 35.6. The van der Waals surface area contributed by atoms with E-state index in [1.165, 1.54) is 12.1 Å².